The van der Waals surface area contributed by atoms with Gasteiger partial charge in [0.1, 0.15) is 0 Å². The zero-order chi connectivity index (χ0) is 25.7. The molecular formula is C38H20N2. The summed E-state index contributed by atoms with van der Waals surface area (Å²) in [6.45, 7) is 0. The van der Waals surface area contributed by atoms with E-state index in [1.54, 1.807) is 0 Å². The molecule has 11 aromatic rings. The van der Waals surface area contributed by atoms with Crippen LogP contribution in [0, 0.1) is 0 Å². The lowest BCUT2D eigenvalue weighted by Gasteiger charge is -2.05. The van der Waals surface area contributed by atoms with E-state index in [2.05, 4.69) is 130 Å². The van der Waals surface area contributed by atoms with E-state index in [1.165, 1.54) is 97.7 Å². The largest absolute Gasteiger partial charge is 0.308 e. The SMILES string of the molecule is c1ccc2c(c1)ccc1c2c2cc3ccccc3c3c4cc5c6cccc7c8ccccc8n(c5cc4n1c23)c76. The average Bonchev–Trinajstić information content (AvgIpc) is 3.72. The van der Waals surface area contributed by atoms with Crippen LogP contribution in [0.3, 0.4) is 0 Å². The van der Waals surface area contributed by atoms with Gasteiger partial charge in [0, 0.05) is 43.1 Å². The molecule has 0 spiro atoms. The minimum Gasteiger partial charge on any atom is -0.308 e. The topological polar surface area (TPSA) is 8.82 Å². The van der Waals surface area contributed by atoms with Crippen molar-refractivity contribution in [3.05, 3.63) is 121 Å². The Kier molecular flexibility index (Phi) is 3.17. The molecule has 0 saturated heterocycles. The van der Waals surface area contributed by atoms with E-state index in [1.807, 2.05) is 0 Å². The fourth-order valence-electron chi connectivity index (χ4n) is 7.98. The second-order valence-corrected chi connectivity index (χ2v) is 11.3. The molecule has 11 rings (SSSR count). The Bertz CT molecular complexity index is 2860. The van der Waals surface area contributed by atoms with Crippen molar-refractivity contribution in [1.82, 2.24) is 8.80 Å². The lowest BCUT2D eigenvalue weighted by molar-refractivity contribution is 1.35. The van der Waals surface area contributed by atoms with Gasteiger partial charge in [-0.1, -0.05) is 91.0 Å². The van der Waals surface area contributed by atoms with Crippen molar-refractivity contribution in [2.24, 2.45) is 0 Å². The summed E-state index contributed by atoms with van der Waals surface area (Å²) < 4.78 is 5.04. The van der Waals surface area contributed by atoms with Crippen LogP contribution in [0.2, 0.25) is 0 Å². The van der Waals surface area contributed by atoms with Crippen LogP contribution in [0.15, 0.2) is 121 Å². The first-order valence-corrected chi connectivity index (χ1v) is 14.0. The minimum atomic E-state index is 1.28. The van der Waals surface area contributed by atoms with Gasteiger partial charge in [-0.25, -0.2) is 0 Å². The third-order valence-corrected chi connectivity index (χ3v) is 9.51. The van der Waals surface area contributed by atoms with Crippen molar-refractivity contribution >= 4 is 97.7 Å². The number of hydrogen-bond acceptors (Lipinski definition) is 0. The summed E-state index contributed by atoms with van der Waals surface area (Å²) in [6.07, 6.45) is 0. The van der Waals surface area contributed by atoms with E-state index in [0.717, 1.165) is 0 Å². The molecule has 0 fully saturated rings. The number of fused-ring (bicyclic) bond motifs is 16. The number of rotatable bonds is 0. The van der Waals surface area contributed by atoms with E-state index in [9.17, 15) is 0 Å². The summed E-state index contributed by atoms with van der Waals surface area (Å²) in [5, 5.41) is 15.9. The van der Waals surface area contributed by atoms with Crippen LogP contribution in [0.5, 0.6) is 0 Å². The Morgan fingerprint density at radius 2 is 0.950 bits per heavy atom. The standard InChI is InChI=1S/C38H20N2/c1-3-10-23-21(8-1)16-17-32-35(23)30-18-22-9-2-4-11-24(22)36-29-19-28-27-14-7-13-26-25-12-5-6-15-31(25)39(37(26)27)33(28)20-34(29)40(32)38(30)36/h1-20H. The third kappa shape index (κ3) is 2.04. The van der Waals surface area contributed by atoms with Gasteiger partial charge in [-0.15, -0.1) is 0 Å². The van der Waals surface area contributed by atoms with Gasteiger partial charge < -0.3 is 8.80 Å². The second-order valence-electron chi connectivity index (χ2n) is 11.3. The Morgan fingerprint density at radius 1 is 0.300 bits per heavy atom. The fraction of sp³-hybridized carbons (Fsp3) is 0. The first kappa shape index (κ1) is 19.7. The van der Waals surface area contributed by atoms with Crippen LogP contribution < -0.4 is 0 Å². The predicted octanol–water partition coefficient (Wildman–Crippen LogP) is 10.3. The first-order chi connectivity index (χ1) is 19.9. The van der Waals surface area contributed by atoms with Gasteiger partial charge in [0.2, 0.25) is 0 Å². The summed E-state index contributed by atoms with van der Waals surface area (Å²) in [5.41, 5.74) is 7.77. The van der Waals surface area contributed by atoms with Crippen molar-refractivity contribution in [2.45, 2.75) is 0 Å². The van der Waals surface area contributed by atoms with Gasteiger partial charge in [0.25, 0.3) is 0 Å². The highest BCUT2D eigenvalue weighted by Gasteiger charge is 2.24. The molecule has 7 aromatic carbocycles. The number of benzene rings is 7. The van der Waals surface area contributed by atoms with Crippen LogP contribution in [-0.4, -0.2) is 8.80 Å². The van der Waals surface area contributed by atoms with Crippen molar-refractivity contribution in [2.75, 3.05) is 0 Å². The molecule has 0 bridgehead atoms. The van der Waals surface area contributed by atoms with E-state index < -0.39 is 0 Å². The molecule has 40 heavy (non-hydrogen) atoms. The van der Waals surface area contributed by atoms with E-state index in [0.29, 0.717) is 0 Å². The van der Waals surface area contributed by atoms with E-state index in [4.69, 9.17) is 0 Å². The van der Waals surface area contributed by atoms with Gasteiger partial charge in [0.05, 0.1) is 33.1 Å². The fourth-order valence-corrected chi connectivity index (χ4v) is 7.98. The van der Waals surface area contributed by atoms with Crippen molar-refractivity contribution in [1.29, 1.82) is 0 Å². The zero-order valence-electron chi connectivity index (χ0n) is 21.4. The minimum absolute atomic E-state index is 1.28. The molecule has 0 atom stereocenters. The van der Waals surface area contributed by atoms with Crippen molar-refractivity contribution in [3.63, 3.8) is 0 Å². The van der Waals surface area contributed by atoms with Gasteiger partial charge in [-0.2, -0.15) is 0 Å². The molecule has 0 aliphatic heterocycles. The Balaban J connectivity index is 1.49. The highest BCUT2D eigenvalue weighted by Crippen LogP contribution is 2.47. The zero-order valence-corrected chi connectivity index (χ0v) is 21.4. The molecule has 2 heteroatoms. The number of aromatic nitrogens is 2. The van der Waals surface area contributed by atoms with E-state index >= 15 is 0 Å². The molecule has 0 amide bonds. The molecule has 182 valence electrons. The summed E-state index contributed by atoms with van der Waals surface area (Å²) >= 11 is 0. The first-order valence-electron chi connectivity index (χ1n) is 14.0. The smallest absolute Gasteiger partial charge is 0.0627 e. The molecular weight excluding hydrogens is 484 g/mol. The van der Waals surface area contributed by atoms with Gasteiger partial charge >= 0.3 is 0 Å². The van der Waals surface area contributed by atoms with E-state index in [-0.39, 0.29) is 0 Å². The maximum Gasteiger partial charge on any atom is 0.0627 e. The maximum atomic E-state index is 2.54. The Labute approximate surface area is 227 Å². The summed E-state index contributed by atoms with van der Waals surface area (Å²) in [5.74, 6) is 0. The molecule has 0 N–H and O–H groups in total. The molecule has 0 aliphatic carbocycles. The number of para-hydroxylation sites is 2. The normalized spacial score (nSPS) is 13.0. The predicted molar refractivity (Wildman–Crippen MR) is 171 cm³/mol. The molecule has 0 radical (unpaired) electrons. The molecule has 4 aromatic heterocycles. The average molecular weight is 505 g/mol. The Morgan fingerprint density at radius 3 is 1.82 bits per heavy atom. The lowest BCUT2D eigenvalue weighted by Crippen LogP contribution is -1.84. The molecule has 0 unspecified atom stereocenters. The van der Waals surface area contributed by atoms with Crippen LogP contribution in [-0.2, 0) is 0 Å². The van der Waals surface area contributed by atoms with Crippen LogP contribution in [0.4, 0.5) is 0 Å². The highest BCUT2D eigenvalue weighted by atomic mass is 14.9. The van der Waals surface area contributed by atoms with Crippen molar-refractivity contribution in [3.8, 4) is 0 Å². The lowest BCUT2D eigenvalue weighted by atomic mass is 9.97. The van der Waals surface area contributed by atoms with Crippen LogP contribution >= 0.6 is 0 Å². The molecule has 2 nitrogen and oxygen atoms in total. The third-order valence-electron chi connectivity index (χ3n) is 9.51. The molecule has 4 heterocycles. The van der Waals surface area contributed by atoms with Crippen LogP contribution in [0.1, 0.15) is 0 Å². The van der Waals surface area contributed by atoms with Gasteiger partial charge in [-0.3, -0.25) is 0 Å². The quantitative estimate of drug-likeness (QED) is 0.194. The molecule has 0 aliphatic rings. The second kappa shape index (κ2) is 6.44. The van der Waals surface area contributed by atoms with Gasteiger partial charge in [0.15, 0.2) is 0 Å². The maximum absolute atomic E-state index is 2.54. The molecule has 0 saturated carbocycles. The highest BCUT2D eigenvalue weighted by molar-refractivity contribution is 6.36. The summed E-state index contributed by atoms with van der Waals surface area (Å²) in [6, 6.07) is 45.3. The summed E-state index contributed by atoms with van der Waals surface area (Å²) in [4.78, 5) is 0. The monoisotopic (exact) mass is 504 g/mol. The van der Waals surface area contributed by atoms with Gasteiger partial charge in [-0.05, 0) is 51.9 Å². The summed E-state index contributed by atoms with van der Waals surface area (Å²) in [7, 11) is 0. The number of hydrogen-bond donors (Lipinski definition) is 0. The van der Waals surface area contributed by atoms with Crippen LogP contribution in [0.25, 0.3) is 97.7 Å². The Hall–Kier alpha value is -5.34. The number of nitrogens with zero attached hydrogens (tertiary/aromatic N) is 2. The van der Waals surface area contributed by atoms with Crippen molar-refractivity contribution < 1.29 is 0 Å².